The van der Waals surface area contributed by atoms with E-state index in [1.54, 1.807) is 0 Å². The average molecular weight is 247 g/mol. The number of benzene rings is 1. The molecular weight excluding hydrogens is 226 g/mol. The molecule has 3 heteroatoms. The van der Waals surface area contributed by atoms with Gasteiger partial charge in [-0.05, 0) is 39.1 Å². The van der Waals surface area contributed by atoms with E-state index in [0.717, 1.165) is 29.4 Å². The predicted molar refractivity (Wildman–Crippen MR) is 76.2 cm³/mol. The number of nitrogens with one attached hydrogen (secondary N) is 1. The fourth-order valence-corrected chi connectivity index (χ4v) is 1.88. The fraction of sp³-hybridized carbons (Fsp3) is 0.400. The minimum atomic E-state index is -0.187. The molecule has 18 heavy (non-hydrogen) atoms. The quantitative estimate of drug-likeness (QED) is 0.830. The summed E-state index contributed by atoms with van der Waals surface area (Å²) in [5.41, 5.74) is 2.37. The van der Waals surface area contributed by atoms with Gasteiger partial charge in [-0.1, -0.05) is 31.5 Å². The number of hydrogen-bond donors (Lipinski definition) is 1. The van der Waals surface area contributed by atoms with Crippen molar-refractivity contribution in [2.45, 2.75) is 26.7 Å². The minimum Gasteiger partial charge on any atom is -0.423 e. The van der Waals surface area contributed by atoms with Gasteiger partial charge in [-0.15, -0.1) is 0 Å². The first-order chi connectivity index (χ1) is 8.65. The maximum Gasteiger partial charge on any atom is 0.339 e. The van der Waals surface area contributed by atoms with Gasteiger partial charge in [0.15, 0.2) is 0 Å². The van der Waals surface area contributed by atoms with Gasteiger partial charge in [-0.25, -0.2) is 4.79 Å². The molecule has 0 aliphatic rings. The maximum atomic E-state index is 11.7. The molecule has 1 heterocycles. The lowest BCUT2D eigenvalue weighted by Gasteiger charge is -2.05. The summed E-state index contributed by atoms with van der Waals surface area (Å²) in [5.74, 6) is 0. The summed E-state index contributed by atoms with van der Waals surface area (Å²) in [5, 5.41) is 3.79. The van der Waals surface area contributed by atoms with Crippen LogP contribution >= 0.6 is 0 Å². The Bertz CT molecular complexity index is 558. The van der Waals surface area contributed by atoms with Gasteiger partial charge in [0.25, 0.3) is 0 Å². The molecule has 1 aromatic carbocycles. The van der Waals surface area contributed by atoms with Crippen molar-refractivity contribution in [3.05, 3.63) is 45.8 Å². The van der Waals surface area contributed by atoms with Crippen molar-refractivity contribution < 1.29 is 4.42 Å². The van der Waals surface area contributed by atoms with Crippen LogP contribution < -0.4 is 10.9 Å². The Balaban J connectivity index is 0.000000492. The number of para-hydroxylation sites is 1. The number of rotatable bonds is 2. The van der Waals surface area contributed by atoms with E-state index in [9.17, 15) is 4.79 Å². The van der Waals surface area contributed by atoms with E-state index in [1.807, 2.05) is 45.3 Å². The standard InChI is InChI=1S/C13H14O2.C2H7N/c1-3-6-11-9(2)10-7-4-5-8-12(10)15-13(11)14;1-3-2/h4-5,7-8H,3,6H2,1-2H3;3H,1-2H3. The average Bonchev–Trinajstić information content (AvgIpc) is 2.35. The molecule has 0 aliphatic carbocycles. The summed E-state index contributed by atoms with van der Waals surface area (Å²) < 4.78 is 5.27. The van der Waals surface area contributed by atoms with Crippen molar-refractivity contribution in [1.82, 2.24) is 5.32 Å². The Kier molecular flexibility index (Phi) is 5.59. The molecule has 0 fully saturated rings. The van der Waals surface area contributed by atoms with Crippen LogP contribution in [0.5, 0.6) is 0 Å². The van der Waals surface area contributed by atoms with Crippen LogP contribution in [-0.2, 0) is 6.42 Å². The highest BCUT2D eigenvalue weighted by Crippen LogP contribution is 2.19. The summed E-state index contributed by atoms with van der Waals surface area (Å²) in [6.07, 6.45) is 1.75. The molecule has 0 atom stereocenters. The normalized spacial score (nSPS) is 10.0. The lowest BCUT2D eigenvalue weighted by Crippen LogP contribution is -2.09. The molecule has 0 saturated carbocycles. The van der Waals surface area contributed by atoms with E-state index >= 15 is 0 Å². The monoisotopic (exact) mass is 247 g/mol. The van der Waals surface area contributed by atoms with Crippen molar-refractivity contribution in [2.24, 2.45) is 0 Å². The first-order valence-electron chi connectivity index (χ1n) is 6.25. The van der Waals surface area contributed by atoms with Gasteiger partial charge < -0.3 is 9.73 Å². The molecule has 2 aromatic rings. The highest BCUT2D eigenvalue weighted by molar-refractivity contribution is 5.80. The molecule has 0 saturated heterocycles. The van der Waals surface area contributed by atoms with Crippen LogP contribution in [0.2, 0.25) is 0 Å². The van der Waals surface area contributed by atoms with Gasteiger partial charge >= 0.3 is 5.63 Å². The first-order valence-corrected chi connectivity index (χ1v) is 6.25. The van der Waals surface area contributed by atoms with Crippen molar-refractivity contribution in [3.8, 4) is 0 Å². The van der Waals surface area contributed by atoms with E-state index in [-0.39, 0.29) is 5.63 Å². The summed E-state index contributed by atoms with van der Waals surface area (Å²) in [4.78, 5) is 11.7. The van der Waals surface area contributed by atoms with E-state index < -0.39 is 0 Å². The zero-order valence-corrected chi connectivity index (χ0v) is 11.5. The molecule has 0 radical (unpaired) electrons. The van der Waals surface area contributed by atoms with Crippen molar-refractivity contribution in [1.29, 1.82) is 0 Å². The summed E-state index contributed by atoms with van der Waals surface area (Å²) in [6.45, 7) is 4.05. The second-order valence-corrected chi connectivity index (χ2v) is 4.24. The zero-order valence-electron chi connectivity index (χ0n) is 11.5. The van der Waals surface area contributed by atoms with Crippen LogP contribution in [0.4, 0.5) is 0 Å². The largest absolute Gasteiger partial charge is 0.423 e. The first kappa shape index (κ1) is 14.5. The van der Waals surface area contributed by atoms with E-state index in [2.05, 4.69) is 12.2 Å². The minimum absolute atomic E-state index is 0.187. The Morgan fingerprint density at radius 1 is 1.22 bits per heavy atom. The zero-order chi connectivity index (χ0) is 13.5. The Labute approximate surface area is 108 Å². The van der Waals surface area contributed by atoms with Crippen LogP contribution in [-0.4, -0.2) is 14.1 Å². The molecular formula is C15H21NO2. The lowest BCUT2D eigenvalue weighted by atomic mass is 10.0. The second-order valence-electron chi connectivity index (χ2n) is 4.24. The van der Waals surface area contributed by atoms with Gasteiger partial charge in [0, 0.05) is 10.9 Å². The third kappa shape index (κ3) is 3.20. The molecule has 0 unspecified atom stereocenters. The van der Waals surface area contributed by atoms with Crippen LogP contribution in [0.25, 0.3) is 11.0 Å². The molecule has 3 nitrogen and oxygen atoms in total. The van der Waals surface area contributed by atoms with E-state index in [0.29, 0.717) is 5.58 Å². The van der Waals surface area contributed by atoms with E-state index in [4.69, 9.17) is 4.42 Å². The molecule has 0 spiro atoms. The SMILES string of the molecule is CCCc1c(C)c2ccccc2oc1=O.CNC. The second kappa shape index (κ2) is 6.97. The highest BCUT2D eigenvalue weighted by atomic mass is 16.4. The predicted octanol–water partition coefficient (Wildman–Crippen LogP) is 2.89. The van der Waals surface area contributed by atoms with Gasteiger partial charge in [0.2, 0.25) is 0 Å². The molecule has 0 aliphatic heterocycles. The summed E-state index contributed by atoms with van der Waals surface area (Å²) >= 11 is 0. The van der Waals surface area contributed by atoms with Gasteiger partial charge in [-0.2, -0.15) is 0 Å². The lowest BCUT2D eigenvalue weighted by molar-refractivity contribution is 0.547. The van der Waals surface area contributed by atoms with Crippen molar-refractivity contribution >= 4 is 11.0 Å². The molecule has 2 rings (SSSR count). The van der Waals surface area contributed by atoms with Gasteiger partial charge in [0.05, 0.1) is 0 Å². The molecule has 98 valence electrons. The Morgan fingerprint density at radius 3 is 2.44 bits per heavy atom. The molecule has 0 amide bonds. The van der Waals surface area contributed by atoms with Crippen LogP contribution in [0.15, 0.2) is 33.5 Å². The van der Waals surface area contributed by atoms with Crippen LogP contribution in [0, 0.1) is 6.92 Å². The molecule has 1 N–H and O–H groups in total. The third-order valence-corrected chi connectivity index (χ3v) is 2.69. The topological polar surface area (TPSA) is 42.2 Å². The highest BCUT2D eigenvalue weighted by Gasteiger charge is 2.09. The third-order valence-electron chi connectivity index (χ3n) is 2.69. The molecule has 0 bridgehead atoms. The maximum absolute atomic E-state index is 11.7. The molecule has 1 aromatic heterocycles. The van der Waals surface area contributed by atoms with Crippen molar-refractivity contribution in [3.63, 3.8) is 0 Å². The smallest absolute Gasteiger partial charge is 0.339 e. The number of aryl methyl sites for hydroxylation is 1. The number of hydrogen-bond acceptors (Lipinski definition) is 3. The van der Waals surface area contributed by atoms with Crippen molar-refractivity contribution in [2.75, 3.05) is 14.1 Å². The van der Waals surface area contributed by atoms with E-state index in [1.165, 1.54) is 0 Å². The van der Waals surface area contributed by atoms with Crippen LogP contribution in [0.3, 0.4) is 0 Å². The van der Waals surface area contributed by atoms with Gasteiger partial charge in [-0.3, -0.25) is 0 Å². The number of fused-ring (bicyclic) bond motifs is 1. The Hall–Kier alpha value is -1.61. The summed E-state index contributed by atoms with van der Waals surface area (Å²) in [6, 6.07) is 7.67. The Morgan fingerprint density at radius 2 is 1.83 bits per heavy atom. The van der Waals surface area contributed by atoms with Crippen LogP contribution in [0.1, 0.15) is 24.5 Å². The van der Waals surface area contributed by atoms with Gasteiger partial charge in [0.1, 0.15) is 5.58 Å². The fourth-order valence-electron chi connectivity index (χ4n) is 1.88. The summed E-state index contributed by atoms with van der Waals surface area (Å²) in [7, 11) is 3.75.